The number of benzene rings is 1. The first-order valence-electron chi connectivity index (χ1n) is 8.12. The van der Waals surface area contributed by atoms with Crippen LogP contribution in [0.25, 0.3) is 5.69 Å². The lowest BCUT2D eigenvalue weighted by atomic mass is 10.1. The Balaban J connectivity index is 1.90. The van der Waals surface area contributed by atoms with Crippen molar-refractivity contribution in [2.45, 2.75) is 38.6 Å². The van der Waals surface area contributed by atoms with Crippen LogP contribution in [0.4, 0.5) is 0 Å². The zero-order valence-electron chi connectivity index (χ0n) is 15.2. The molecule has 130 valence electrons. The van der Waals surface area contributed by atoms with Crippen LogP contribution in [0, 0.1) is 27.7 Å². The average molecular weight is 354 g/mol. The van der Waals surface area contributed by atoms with E-state index in [0.29, 0.717) is 5.75 Å². The van der Waals surface area contributed by atoms with Crippen molar-refractivity contribution in [3.8, 4) is 11.4 Å². The first-order chi connectivity index (χ1) is 12.0. The highest BCUT2D eigenvalue weighted by molar-refractivity contribution is 7.98. The summed E-state index contributed by atoms with van der Waals surface area (Å²) in [5, 5.41) is 9.49. The van der Waals surface area contributed by atoms with E-state index in [0.717, 1.165) is 39.2 Å². The number of pyridine rings is 1. The third-order valence-electron chi connectivity index (χ3n) is 4.24. The SMILES string of the molecule is COc1c(C)cnc(CSc2nnc(C)n2-c2ccccc2C)c1C. The van der Waals surface area contributed by atoms with Gasteiger partial charge in [-0.1, -0.05) is 30.0 Å². The lowest BCUT2D eigenvalue weighted by Gasteiger charge is -2.13. The van der Waals surface area contributed by atoms with Crippen LogP contribution in [0.2, 0.25) is 0 Å². The zero-order chi connectivity index (χ0) is 18.0. The quantitative estimate of drug-likeness (QED) is 0.643. The largest absolute Gasteiger partial charge is 0.496 e. The molecule has 6 heteroatoms. The number of nitrogens with zero attached hydrogens (tertiary/aromatic N) is 4. The van der Waals surface area contributed by atoms with Crippen molar-refractivity contribution in [2.24, 2.45) is 0 Å². The van der Waals surface area contributed by atoms with E-state index in [2.05, 4.69) is 38.8 Å². The van der Waals surface area contributed by atoms with Gasteiger partial charge in [0.15, 0.2) is 5.16 Å². The summed E-state index contributed by atoms with van der Waals surface area (Å²) in [4.78, 5) is 4.57. The number of rotatable bonds is 5. The number of aromatic nitrogens is 4. The predicted octanol–water partition coefficient (Wildman–Crippen LogP) is 4.20. The van der Waals surface area contributed by atoms with Crippen molar-refractivity contribution in [1.29, 1.82) is 0 Å². The van der Waals surface area contributed by atoms with Crippen LogP contribution >= 0.6 is 11.8 Å². The van der Waals surface area contributed by atoms with Gasteiger partial charge in [-0.05, 0) is 39.3 Å². The second-order valence-corrected chi connectivity index (χ2v) is 6.93. The van der Waals surface area contributed by atoms with E-state index in [1.807, 2.05) is 39.1 Å². The van der Waals surface area contributed by atoms with Crippen LogP contribution in [-0.2, 0) is 5.75 Å². The van der Waals surface area contributed by atoms with Gasteiger partial charge < -0.3 is 4.74 Å². The maximum atomic E-state index is 5.50. The fourth-order valence-electron chi connectivity index (χ4n) is 2.88. The van der Waals surface area contributed by atoms with E-state index in [-0.39, 0.29) is 0 Å². The fraction of sp³-hybridized carbons (Fsp3) is 0.316. The maximum Gasteiger partial charge on any atom is 0.196 e. The number of hydrogen-bond acceptors (Lipinski definition) is 5. The number of aryl methyl sites for hydroxylation is 3. The van der Waals surface area contributed by atoms with Crippen LogP contribution in [0.1, 0.15) is 28.2 Å². The molecule has 3 aromatic rings. The van der Waals surface area contributed by atoms with Gasteiger partial charge in [-0.15, -0.1) is 10.2 Å². The number of hydrogen-bond donors (Lipinski definition) is 0. The van der Waals surface area contributed by atoms with Crippen molar-refractivity contribution >= 4 is 11.8 Å². The highest BCUT2D eigenvalue weighted by Crippen LogP contribution is 2.30. The van der Waals surface area contributed by atoms with E-state index >= 15 is 0 Å². The molecule has 0 fully saturated rings. The Labute approximate surface area is 152 Å². The normalized spacial score (nSPS) is 10.9. The number of thioether (sulfide) groups is 1. The molecule has 0 spiro atoms. The zero-order valence-corrected chi connectivity index (χ0v) is 16.0. The molecule has 2 aromatic heterocycles. The van der Waals surface area contributed by atoms with E-state index < -0.39 is 0 Å². The summed E-state index contributed by atoms with van der Waals surface area (Å²) < 4.78 is 7.60. The monoisotopic (exact) mass is 354 g/mol. The first-order valence-corrected chi connectivity index (χ1v) is 9.11. The van der Waals surface area contributed by atoms with Crippen LogP contribution in [-0.4, -0.2) is 26.9 Å². The van der Waals surface area contributed by atoms with Gasteiger partial charge in [0.2, 0.25) is 0 Å². The predicted molar refractivity (Wildman–Crippen MR) is 101 cm³/mol. The topological polar surface area (TPSA) is 52.8 Å². The van der Waals surface area contributed by atoms with E-state index in [1.165, 1.54) is 5.56 Å². The number of methoxy groups -OCH3 is 1. The lowest BCUT2D eigenvalue weighted by molar-refractivity contribution is 0.407. The molecule has 0 bridgehead atoms. The second kappa shape index (κ2) is 7.27. The molecule has 2 heterocycles. The molecular formula is C19H22N4OS. The Kier molecular flexibility index (Phi) is 5.08. The Morgan fingerprint density at radius 3 is 2.52 bits per heavy atom. The molecule has 0 aliphatic carbocycles. The summed E-state index contributed by atoms with van der Waals surface area (Å²) in [6, 6.07) is 8.26. The smallest absolute Gasteiger partial charge is 0.196 e. The average Bonchev–Trinajstić information content (AvgIpc) is 2.96. The molecule has 0 aliphatic heterocycles. The highest BCUT2D eigenvalue weighted by atomic mass is 32.2. The van der Waals surface area contributed by atoms with E-state index in [9.17, 15) is 0 Å². The molecule has 0 amide bonds. The molecule has 0 radical (unpaired) electrons. The summed E-state index contributed by atoms with van der Waals surface area (Å²) in [6.45, 7) is 8.13. The Hall–Kier alpha value is -2.34. The van der Waals surface area contributed by atoms with Crippen molar-refractivity contribution < 1.29 is 4.74 Å². The van der Waals surface area contributed by atoms with E-state index in [1.54, 1.807) is 18.9 Å². The van der Waals surface area contributed by atoms with E-state index in [4.69, 9.17) is 4.74 Å². The van der Waals surface area contributed by atoms with Gasteiger partial charge in [0.1, 0.15) is 11.6 Å². The first kappa shape index (κ1) is 17.5. The summed E-state index contributed by atoms with van der Waals surface area (Å²) in [5.41, 5.74) is 5.43. The summed E-state index contributed by atoms with van der Waals surface area (Å²) >= 11 is 1.64. The molecule has 0 N–H and O–H groups in total. The van der Waals surface area contributed by atoms with Crippen LogP contribution in [0.5, 0.6) is 5.75 Å². The molecule has 0 saturated carbocycles. The van der Waals surface area contributed by atoms with Gasteiger partial charge in [-0.2, -0.15) is 0 Å². The minimum Gasteiger partial charge on any atom is -0.496 e. The van der Waals surface area contributed by atoms with Gasteiger partial charge in [0.25, 0.3) is 0 Å². The van der Waals surface area contributed by atoms with Crippen molar-refractivity contribution in [3.63, 3.8) is 0 Å². The van der Waals surface area contributed by atoms with Crippen molar-refractivity contribution in [3.05, 3.63) is 58.7 Å². The Bertz CT molecular complexity index is 904. The number of para-hydroxylation sites is 1. The standard InChI is InChI=1S/C19H22N4OS/c1-12-8-6-7-9-17(12)23-15(4)21-22-19(23)25-11-16-14(3)18(24-5)13(2)10-20-16/h6-10H,11H2,1-5H3. The third-order valence-corrected chi connectivity index (χ3v) is 5.18. The minimum absolute atomic E-state index is 0.715. The Morgan fingerprint density at radius 1 is 1.04 bits per heavy atom. The maximum absolute atomic E-state index is 5.50. The van der Waals surface area contributed by atoms with Gasteiger partial charge in [0.05, 0.1) is 18.5 Å². The summed E-state index contributed by atoms with van der Waals surface area (Å²) in [7, 11) is 1.70. The van der Waals surface area contributed by atoms with Gasteiger partial charge in [-0.25, -0.2) is 0 Å². The van der Waals surface area contributed by atoms with Crippen LogP contribution in [0.3, 0.4) is 0 Å². The van der Waals surface area contributed by atoms with Gasteiger partial charge in [-0.3, -0.25) is 9.55 Å². The van der Waals surface area contributed by atoms with Crippen LogP contribution in [0.15, 0.2) is 35.6 Å². The third kappa shape index (κ3) is 3.39. The van der Waals surface area contributed by atoms with Gasteiger partial charge in [0, 0.05) is 23.1 Å². The molecule has 1 aromatic carbocycles. The lowest BCUT2D eigenvalue weighted by Crippen LogP contribution is -2.02. The van der Waals surface area contributed by atoms with Crippen LogP contribution < -0.4 is 4.74 Å². The number of ether oxygens (including phenoxy) is 1. The highest BCUT2D eigenvalue weighted by Gasteiger charge is 2.15. The molecule has 3 rings (SSSR count). The molecular weight excluding hydrogens is 332 g/mol. The fourth-order valence-corrected chi connectivity index (χ4v) is 3.89. The molecule has 0 aliphatic rings. The Morgan fingerprint density at radius 2 is 1.80 bits per heavy atom. The van der Waals surface area contributed by atoms with Crippen molar-refractivity contribution in [1.82, 2.24) is 19.7 Å². The van der Waals surface area contributed by atoms with Gasteiger partial charge >= 0.3 is 0 Å². The second-order valence-electron chi connectivity index (χ2n) is 5.99. The molecule has 0 unspecified atom stereocenters. The molecule has 5 nitrogen and oxygen atoms in total. The molecule has 0 saturated heterocycles. The molecule has 0 atom stereocenters. The summed E-state index contributed by atoms with van der Waals surface area (Å²) in [5.74, 6) is 2.50. The molecule has 25 heavy (non-hydrogen) atoms. The summed E-state index contributed by atoms with van der Waals surface area (Å²) in [6.07, 6.45) is 1.86. The van der Waals surface area contributed by atoms with Crippen molar-refractivity contribution in [2.75, 3.05) is 7.11 Å². The minimum atomic E-state index is 0.715.